The van der Waals surface area contributed by atoms with Gasteiger partial charge in [-0.3, -0.25) is 0 Å². The van der Waals surface area contributed by atoms with Crippen LogP contribution < -0.4 is 10.5 Å². The van der Waals surface area contributed by atoms with Crippen molar-refractivity contribution >= 4 is 23.4 Å². The molecule has 0 fully saturated rings. The summed E-state index contributed by atoms with van der Waals surface area (Å²) in [5.74, 6) is 1.60. The summed E-state index contributed by atoms with van der Waals surface area (Å²) in [7, 11) is 1.67. The van der Waals surface area contributed by atoms with Crippen LogP contribution in [0.1, 0.15) is 11.1 Å². The van der Waals surface area contributed by atoms with E-state index in [0.717, 1.165) is 27.7 Å². The van der Waals surface area contributed by atoms with Gasteiger partial charge in [0.05, 0.1) is 12.1 Å². The summed E-state index contributed by atoms with van der Waals surface area (Å²) < 4.78 is 5.36. The van der Waals surface area contributed by atoms with E-state index in [1.807, 2.05) is 24.3 Å². The molecule has 0 aliphatic rings. The van der Waals surface area contributed by atoms with Gasteiger partial charge in [0.2, 0.25) is 0 Å². The number of hydrogen-bond acceptors (Lipinski definition) is 4. The molecule has 0 amide bonds. The second kappa shape index (κ2) is 6.80. The maximum Gasteiger partial charge on any atom is 0.122 e. The minimum absolute atomic E-state index is 0.520. The maximum atomic E-state index is 6.09. The number of nitrogens with zero attached hydrogens (tertiary/aromatic N) is 1. The van der Waals surface area contributed by atoms with Crippen LogP contribution in [0.25, 0.3) is 0 Å². The number of ether oxygens (including phenoxy) is 1. The van der Waals surface area contributed by atoms with E-state index in [-0.39, 0.29) is 0 Å². The Morgan fingerprint density at radius 3 is 2.89 bits per heavy atom. The van der Waals surface area contributed by atoms with Gasteiger partial charge in [-0.1, -0.05) is 17.7 Å². The van der Waals surface area contributed by atoms with Gasteiger partial charge in [-0.05, 0) is 29.8 Å². The fourth-order valence-corrected chi connectivity index (χ4v) is 2.84. The van der Waals surface area contributed by atoms with Gasteiger partial charge in [0.1, 0.15) is 10.8 Å². The summed E-state index contributed by atoms with van der Waals surface area (Å²) in [6.07, 6.45) is 1.74. The lowest BCUT2D eigenvalue weighted by molar-refractivity contribution is 0.411. The lowest BCUT2D eigenvalue weighted by Crippen LogP contribution is -1.99. The number of methoxy groups -OCH3 is 1. The van der Waals surface area contributed by atoms with Crippen molar-refractivity contribution in [2.75, 3.05) is 7.11 Å². The second-order valence-electron chi connectivity index (χ2n) is 3.93. The number of pyridine rings is 1. The number of thioether (sulfide) groups is 1. The van der Waals surface area contributed by atoms with Crippen molar-refractivity contribution in [1.29, 1.82) is 0 Å². The highest BCUT2D eigenvalue weighted by Crippen LogP contribution is 2.31. The SMILES string of the molecule is COc1ccc(CN)cc1CSc1ncccc1Cl. The number of benzene rings is 1. The zero-order chi connectivity index (χ0) is 13.7. The first-order chi connectivity index (χ1) is 9.24. The van der Waals surface area contributed by atoms with E-state index in [1.54, 1.807) is 25.1 Å². The molecule has 0 saturated carbocycles. The Balaban J connectivity index is 2.16. The molecule has 2 N–H and O–H groups in total. The predicted octanol–water partition coefficient (Wildman–Crippen LogP) is 3.49. The molecule has 5 heteroatoms. The van der Waals surface area contributed by atoms with Gasteiger partial charge in [0.25, 0.3) is 0 Å². The molecule has 0 aliphatic carbocycles. The summed E-state index contributed by atoms with van der Waals surface area (Å²) in [5.41, 5.74) is 7.84. The molecular formula is C14H15ClN2OS. The van der Waals surface area contributed by atoms with Gasteiger partial charge in [0.15, 0.2) is 0 Å². The fourth-order valence-electron chi connectivity index (χ4n) is 1.70. The normalized spacial score (nSPS) is 10.5. The molecule has 19 heavy (non-hydrogen) atoms. The van der Waals surface area contributed by atoms with E-state index >= 15 is 0 Å². The molecule has 3 nitrogen and oxygen atoms in total. The third kappa shape index (κ3) is 3.62. The average molecular weight is 295 g/mol. The molecule has 0 aliphatic heterocycles. The van der Waals surface area contributed by atoms with Crippen molar-refractivity contribution in [3.63, 3.8) is 0 Å². The van der Waals surface area contributed by atoms with Crippen molar-refractivity contribution in [3.05, 3.63) is 52.7 Å². The molecule has 2 aromatic rings. The Hall–Kier alpha value is -1.23. The average Bonchev–Trinajstić information content (AvgIpc) is 2.46. The third-order valence-electron chi connectivity index (χ3n) is 2.67. The van der Waals surface area contributed by atoms with E-state index in [2.05, 4.69) is 11.1 Å². The van der Waals surface area contributed by atoms with Crippen molar-refractivity contribution in [2.45, 2.75) is 17.3 Å². The van der Waals surface area contributed by atoms with Crippen LogP contribution in [0.3, 0.4) is 0 Å². The third-order valence-corrected chi connectivity index (χ3v) is 4.14. The molecule has 0 unspecified atom stereocenters. The number of hydrogen-bond donors (Lipinski definition) is 1. The van der Waals surface area contributed by atoms with E-state index in [9.17, 15) is 0 Å². The van der Waals surface area contributed by atoms with Gasteiger partial charge in [-0.25, -0.2) is 4.98 Å². The molecule has 0 radical (unpaired) electrons. The van der Waals surface area contributed by atoms with Crippen LogP contribution in [-0.4, -0.2) is 12.1 Å². The first-order valence-corrected chi connectivity index (χ1v) is 7.20. The van der Waals surface area contributed by atoms with E-state index in [1.165, 1.54) is 0 Å². The van der Waals surface area contributed by atoms with Gasteiger partial charge < -0.3 is 10.5 Å². The minimum Gasteiger partial charge on any atom is -0.496 e. The molecule has 2 rings (SSSR count). The van der Waals surface area contributed by atoms with E-state index in [4.69, 9.17) is 22.1 Å². The maximum absolute atomic E-state index is 6.09. The highest BCUT2D eigenvalue weighted by atomic mass is 35.5. The Kier molecular flexibility index (Phi) is 5.07. The number of halogens is 1. The summed E-state index contributed by atoms with van der Waals surface area (Å²) in [6, 6.07) is 9.63. The van der Waals surface area contributed by atoms with Crippen LogP contribution in [0, 0.1) is 0 Å². The summed E-state index contributed by atoms with van der Waals surface area (Å²) >= 11 is 7.67. The van der Waals surface area contributed by atoms with Gasteiger partial charge in [-0.2, -0.15) is 0 Å². The first-order valence-electron chi connectivity index (χ1n) is 5.83. The summed E-state index contributed by atoms with van der Waals surface area (Å²) in [4.78, 5) is 4.26. The lowest BCUT2D eigenvalue weighted by atomic mass is 10.1. The smallest absolute Gasteiger partial charge is 0.122 e. The lowest BCUT2D eigenvalue weighted by Gasteiger charge is -2.10. The van der Waals surface area contributed by atoms with Crippen LogP contribution in [0.2, 0.25) is 5.02 Å². The Labute approximate surface area is 122 Å². The first kappa shape index (κ1) is 14.2. The fraction of sp³-hybridized carbons (Fsp3) is 0.214. The molecule has 0 atom stereocenters. The van der Waals surface area contributed by atoms with Crippen molar-refractivity contribution in [1.82, 2.24) is 4.98 Å². The minimum atomic E-state index is 0.520. The van der Waals surface area contributed by atoms with E-state index in [0.29, 0.717) is 11.6 Å². The quantitative estimate of drug-likeness (QED) is 0.858. The summed E-state index contributed by atoms with van der Waals surface area (Å²) in [6.45, 7) is 0.520. The molecule has 1 heterocycles. The zero-order valence-corrected chi connectivity index (χ0v) is 12.2. The van der Waals surface area contributed by atoms with Gasteiger partial charge in [0, 0.05) is 24.1 Å². The highest BCUT2D eigenvalue weighted by Gasteiger charge is 2.07. The van der Waals surface area contributed by atoms with Crippen molar-refractivity contribution < 1.29 is 4.74 Å². The van der Waals surface area contributed by atoms with Crippen LogP contribution in [0.5, 0.6) is 5.75 Å². The monoisotopic (exact) mass is 294 g/mol. The highest BCUT2D eigenvalue weighted by molar-refractivity contribution is 7.98. The van der Waals surface area contributed by atoms with Gasteiger partial charge >= 0.3 is 0 Å². The van der Waals surface area contributed by atoms with Crippen molar-refractivity contribution in [3.8, 4) is 5.75 Å². The van der Waals surface area contributed by atoms with Gasteiger partial charge in [-0.15, -0.1) is 11.8 Å². The molecule has 0 bridgehead atoms. The topological polar surface area (TPSA) is 48.1 Å². The van der Waals surface area contributed by atoms with E-state index < -0.39 is 0 Å². The molecular weight excluding hydrogens is 280 g/mol. The molecule has 100 valence electrons. The Morgan fingerprint density at radius 1 is 1.37 bits per heavy atom. The molecule has 1 aromatic carbocycles. The standard InChI is InChI=1S/C14H15ClN2OS/c1-18-13-5-4-10(8-16)7-11(13)9-19-14-12(15)3-2-6-17-14/h2-7H,8-9,16H2,1H3. The van der Waals surface area contributed by atoms with Crippen LogP contribution >= 0.6 is 23.4 Å². The number of aromatic nitrogens is 1. The molecule has 0 spiro atoms. The molecule has 0 saturated heterocycles. The largest absolute Gasteiger partial charge is 0.496 e. The number of rotatable bonds is 5. The van der Waals surface area contributed by atoms with Crippen LogP contribution in [0.4, 0.5) is 0 Å². The van der Waals surface area contributed by atoms with Crippen molar-refractivity contribution in [2.24, 2.45) is 5.73 Å². The summed E-state index contributed by atoms with van der Waals surface area (Å²) in [5, 5.41) is 1.49. The Morgan fingerprint density at radius 2 is 2.21 bits per heavy atom. The molecule has 1 aromatic heterocycles. The second-order valence-corrected chi connectivity index (χ2v) is 5.30. The van der Waals surface area contributed by atoms with Crippen LogP contribution in [-0.2, 0) is 12.3 Å². The van der Waals surface area contributed by atoms with Crippen LogP contribution in [0.15, 0.2) is 41.6 Å². The predicted molar refractivity (Wildman–Crippen MR) is 79.7 cm³/mol. The number of nitrogens with two attached hydrogens (primary N) is 1. The Bertz CT molecular complexity index is 563. The zero-order valence-electron chi connectivity index (χ0n) is 10.6.